The summed E-state index contributed by atoms with van der Waals surface area (Å²) in [4.78, 5) is 0. The zero-order valence-electron chi connectivity index (χ0n) is 33.1. The van der Waals surface area contributed by atoms with E-state index >= 15 is 0 Å². The van der Waals surface area contributed by atoms with Crippen LogP contribution in [0.4, 0.5) is 79.0 Å². The van der Waals surface area contributed by atoms with Crippen molar-refractivity contribution in [3.8, 4) is 22.3 Å². The molecule has 0 saturated carbocycles. The standard InChI is InChI=1S/2C20H12F9.C2H6Si.2ClH.Zr/c2*1-2-10-6-11-4-3-5-13(14(11)7-10)17-15(19(24,25)26)8-12(18(21,22)23)9-16(17)20(27,28)29;1-3-2;;;/h2*3-9H,2H2,1H3;1-2H3;2*1H;/q2*-1;;;;+2/p-2. The van der Waals surface area contributed by atoms with Crippen molar-refractivity contribution in [3.63, 3.8) is 0 Å². The topological polar surface area (TPSA) is 0 Å². The minimum atomic E-state index is -5.43. The molecule has 6 rings (SSSR count). The first-order valence-electron chi connectivity index (χ1n) is 18.3. The van der Waals surface area contributed by atoms with Crippen LogP contribution in [0.3, 0.4) is 0 Å². The Kier molecular flexibility index (Phi) is 16.1. The van der Waals surface area contributed by atoms with Gasteiger partial charge in [-0.1, -0.05) is 37.1 Å². The van der Waals surface area contributed by atoms with E-state index in [1.54, 1.807) is 26.0 Å². The maximum absolute atomic E-state index is 13.6. The SMILES string of the molecule is CCc1cc2c(-c3c(C(F)(F)F)cc(C(F)(F)F)cc3C(F)(F)F)cccc2[cH-]1.CCc1cc2c(-c3c(C(F)(F)F)cc(C(F)(F)F)cc3C(F)(F)F)cccc2[cH-]1.C[Si](C)=[Zr]([Cl])[Cl]. The summed E-state index contributed by atoms with van der Waals surface area (Å²) >= 11 is -1.65. The molecule has 0 aliphatic rings. The molecule has 64 heavy (non-hydrogen) atoms. The molecule has 0 atom stereocenters. The summed E-state index contributed by atoms with van der Waals surface area (Å²) in [6.07, 6.45) is -31.5. The molecule has 0 unspecified atom stereocenters. The van der Waals surface area contributed by atoms with E-state index in [0.717, 1.165) is 12.1 Å². The molecule has 0 aliphatic heterocycles. The number of halogens is 20. The summed E-state index contributed by atoms with van der Waals surface area (Å²) < 4.78 is 241. The molecule has 0 fully saturated rings. The van der Waals surface area contributed by atoms with Crippen LogP contribution in [-0.4, -0.2) is 5.43 Å². The summed E-state index contributed by atoms with van der Waals surface area (Å²) in [5, 5.41) is 1.03. The van der Waals surface area contributed by atoms with E-state index in [2.05, 4.69) is 13.1 Å². The van der Waals surface area contributed by atoms with Crippen LogP contribution >= 0.6 is 17.0 Å². The summed E-state index contributed by atoms with van der Waals surface area (Å²) in [6, 6.07) is 12.7. The molecule has 0 aliphatic carbocycles. The molecular formula is C42H30Cl2F18SiZr-2. The zero-order chi connectivity index (χ0) is 48.7. The molecule has 6 aromatic carbocycles. The van der Waals surface area contributed by atoms with Crippen molar-refractivity contribution in [2.24, 2.45) is 0 Å². The van der Waals surface area contributed by atoms with Crippen molar-refractivity contribution in [3.05, 3.63) is 129 Å². The first-order valence-corrected chi connectivity index (χ1v) is 30.8. The molecule has 0 N–H and O–H groups in total. The van der Waals surface area contributed by atoms with Gasteiger partial charge in [-0.2, -0.15) is 91.2 Å². The normalized spacial score (nSPS) is 12.8. The Labute approximate surface area is 367 Å². The first kappa shape index (κ1) is 53.1. The molecule has 0 spiro atoms. The molecule has 0 bridgehead atoms. The number of alkyl halides is 18. The van der Waals surface area contributed by atoms with Crippen LogP contribution in [0.2, 0.25) is 13.1 Å². The van der Waals surface area contributed by atoms with Crippen LogP contribution in [0.1, 0.15) is 58.4 Å². The molecular weight excluding hydrogens is 1040 g/mol. The monoisotopic (exact) mass is 1060 g/mol. The van der Waals surface area contributed by atoms with Crippen molar-refractivity contribution in [2.75, 3.05) is 0 Å². The van der Waals surface area contributed by atoms with Gasteiger partial charge in [-0.3, -0.25) is 0 Å². The predicted octanol–water partition coefficient (Wildman–Crippen LogP) is 17.9. The quantitative estimate of drug-likeness (QED) is 0.0938. The summed E-state index contributed by atoms with van der Waals surface area (Å²) in [7, 11) is 11.2. The maximum atomic E-state index is 13.6. The summed E-state index contributed by atoms with van der Waals surface area (Å²) in [5.41, 5.74) is -14.3. The Morgan fingerprint density at radius 3 is 0.922 bits per heavy atom. The second kappa shape index (κ2) is 19.4. The van der Waals surface area contributed by atoms with Gasteiger partial charge in [-0.25, -0.2) is 0 Å². The second-order valence-corrected chi connectivity index (χ2v) is 37.2. The number of rotatable bonds is 4. The Hall–Kier alpha value is -3.48. The first-order chi connectivity index (χ1) is 29.1. The van der Waals surface area contributed by atoms with Gasteiger partial charge < -0.3 is 0 Å². The molecule has 0 radical (unpaired) electrons. The molecule has 0 aromatic heterocycles. The minimum absolute atomic E-state index is 0.111. The van der Waals surface area contributed by atoms with Gasteiger partial charge in [0, 0.05) is 0 Å². The third-order valence-electron chi connectivity index (χ3n) is 9.51. The van der Waals surface area contributed by atoms with Crippen molar-refractivity contribution in [2.45, 2.75) is 76.8 Å². The third kappa shape index (κ3) is 12.5. The van der Waals surface area contributed by atoms with Crippen LogP contribution < -0.4 is 0 Å². The van der Waals surface area contributed by atoms with Gasteiger partial charge in [0.25, 0.3) is 0 Å². The number of hydrogen-bond donors (Lipinski definition) is 0. The molecule has 6 aromatic rings. The fourth-order valence-electron chi connectivity index (χ4n) is 6.52. The fourth-order valence-corrected chi connectivity index (χ4v) is 6.52. The number of fused-ring (bicyclic) bond motifs is 2. The van der Waals surface area contributed by atoms with Crippen LogP contribution in [0.5, 0.6) is 0 Å². The Bertz CT molecular complexity index is 2390. The van der Waals surface area contributed by atoms with Crippen LogP contribution in [0.15, 0.2) is 84.9 Å². The summed E-state index contributed by atoms with van der Waals surface area (Å²) in [6.45, 7) is 7.85. The predicted molar refractivity (Wildman–Crippen MR) is 208 cm³/mol. The van der Waals surface area contributed by atoms with E-state index in [9.17, 15) is 79.0 Å². The van der Waals surface area contributed by atoms with Gasteiger partial charge in [0.1, 0.15) is 0 Å². The zero-order valence-corrected chi connectivity index (χ0v) is 38.0. The fraction of sp³-hybridized carbons (Fsp3) is 0.286. The average Bonchev–Trinajstić information content (AvgIpc) is 3.79. The van der Waals surface area contributed by atoms with Crippen molar-refractivity contribution in [1.29, 1.82) is 0 Å². The molecule has 0 saturated heterocycles. The third-order valence-corrected chi connectivity index (χ3v) is 29.3. The van der Waals surface area contributed by atoms with Gasteiger partial charge in [0.2, 0.25) is 0 Å². The Morgan fingerprint density at radius 2 is 0.719 bits per heavy atom. The van der Waals surface area contributed by atoms with Gasteiger partial charge in [-0.05, 0) is 48.2 Å². The van der Waals surface area contributed by atoms with E-state index < -0.39 is 111 Å². The molecule has 348 valence electrons. The number of aryl methyl sites for hydroxylation is 2. The van der Waals surface area contributed by atoms with E-state index in [1.165, 1.54) is 36.4 Å². The van der Waals surface area contributed by atoms with Gasteiger partial charge in [0.15, 0.2) is 0 Å². The van der Waals surface area contributed by atoms with E-state index in [1.807, 2.05) is 0 Å². The summed E-state index contributed by atoms with van der Waals surface area (Å²) in [5.74, 6) is 0. The van der Waals surface area contributed by atoms with Gasteiger partial charge in [-0.15, -0.1) is 69.1 Å². The number of benzene rings is 4. The Balaban J connectivity index is 0.000000249. The van der Waals surface area contributed by atoms with Gasteiger partial charge >= 0.3 is 90.6 Å². The second-order valence-electron chi connectivity index (χ2n) is 14.2. The molecule has 22 heteroatoms. The van der Waals surface area contributed by atoms with E-state index in [4.69, 9.17) is 17.0 Å². The van der Waals surface area contributed by atoms with E-state index in [-0.39, 0.29) is 40.5 Å². The van der Waals surface area contributed by atoms with Crippen molar-refractivity contribution >= 4 is 44.0 Å². The average molecular weight is 1070 g/mol. The molecule has 0 heterocycles. The van der Waals surface area contributed by atoms with Crippen LogP contribution in [0.25, 0.3) is 43.8 Å². The Morgan fingerprint density at radius 1 is 0.453 bits per heavy atom. The van der Waals surface area contributed by atoms with Crippen LogP contribution in [-0.2, 0) is 67.9 Å². The van der Waals surface area contributed by atoms with Crippen LogP contribution in [0, 0.1) is 0 Å². The molecule has 0 nitrogen and oxygen atoms in total. The van der Waals surface area contributed by atoms with Crippen molar-refractivity contribution < 1.29 is 97.0 Å². The van der Waals surface area contributed by atoms with Crippen molar-refractivity contribution in [1.82, 2.24) is 0 Å². The number of hydrogen-bond acceptors (Lipinski definition) is 0. The van der Waals surface area contributed by atoms with E-state index in [0.29, 0.717) is 34.7 Å². The molecule has 0 amide bonds. The van der Waals surface area contributed by atoms with Gasteiger partial charge in [0.05, 0.1) is 33.4 Å².